The van der Waals surface area contributed by atoms with Gasteiger partial charge in [-0.05, 0) is 13.0 Å². The van der Waals surface area contributed by atoms with Gasteiger partial charge in [0.15, 0.2) is 11.6 Å². The molecule has 11 heteroatoms. The van der Waals surface area contributed by atoms with Crippen LogP contribution in [0.5, 0.6) is 0 Å². The summed E-state index contributed by atoms with van der Waals surface area (Å²) in [7, 11) is -1.23. The third-order valence-corrected chi connectivity index (χ3v) is 8.48. The summed E-state index contributed by atoms with van der Waals surface area (Å²) in [6.07, 6.45) is 6.27. The predicted octanol–water partition coefficient (Wildman–Crippen LogP) is 2.51. The molecule has 0 N–H and O–H groups in total. The van der Waals surface area contributed by atoms with E-state index in [1.54, 1.807) is 11.1 Å². The maximum absolute atomic E-state index is 13.6. The fraction of sp³-hybridized carbons (Fsp3) is 0.478. The Morgan fingerprint density at radius 3 is 2.85 bits per heavy atom. The lowest BCUT2D eigenvalue weighted by atomic mass is 10.1. The van der Waals surface area contributed by atoms with Gasteiger partial charge in [-0.15, -0.1) is 0 Å². The normalized spacial score (nSPS) is 21.3. The van der Waals surface area contributed by atoms with E-state index in [0.717, 1.165) is 29.1 Å². The number of hydrogen-bond donors (Lipinski definition) is 0. The zero-order valence-electron chi connectivity index (χ0n) is 19.3. The number of anilines is 1. The molecule has 0 saturated carbocycles. The summed E-state index contributed by atoms with van der Waals surface area (Å²) in [5.74, 6) is 2.22. The van der Waals surface area contributed by atoms with Crippen molar-refractivity contribution >= 4 is 33.5 Å². The van der Waals surface area contributed by atoms with E-state index in [9.17, 15) is 9.00 Å². The van der Waals surface area contributed by atoms with Gasteiger partial charge >= 0.3 is 6.09 Å². The Bertz CT molecular complexity index is 1240. The van der Waals surface area contributed by atoms with Crippen molar-refractivity contribution in [1.82, 2.24) is 19.9 Å². The van der Waals surface area contributed by atoms with Crippen molar-refractivity contribution in [3.63, 3.8) is 0 Å². The van der Waals surface area contributed by atoms with Crippen LogP contribution < -0.4 is 4.90 Å². The van der Waals surface area contributed by atoms with Crippen LogP contribution in [0.4, 0.5) is 16.4 Å². The van der Waals surface area contributed by atoms with Gasteiger partial charge in [-0.3, -0.25) is 4.98 Å². The summed E-state index contributed by atoms with van der Waals surface area (Å²) >= 11 is 0. The maximum Gasteiger partial charge on any atom is 0.409 e. The SMILES string of the molecule is COC(=O)N1CCS(=O)(=Nc2cc(N3CCOC[C@H]3C)nc(-c3ccnc4c3C=CC4)n2)CC1. The van der Waals surface area contributed by atoms with Gasteiger partial charge in [0.25, 0.3) is 0 Å². The molecule has 10 nitrogen and oxygen atoms in total. The number of hydrogen-bond acceptors (Lipinski definition) is 9. The fourth-order valence-corrected chi connectivity index (χ4v) is 6.28. The average Bonchev–Trinajstić information content (AvgIpc) is 3.33. The van der Waals surface area contributed by atoms with Gasteiger partial charge in [0, 0.05) is 49.4 Å². The average molecular weight is 485 g/mol. The standard InChI is InChI=1S/C23H28N6O4S/c1-16-15-33-11-8-29(16)21-14-20(27-34(31)12-9-28(10-13-34)23(30)32-2)25-22(26-21)18-6-7-24-19-5-3-4-17(18)19/h3-4,6-7,14,16H,5,8-13,15H2,1-2H3/t16-/m1/s1. The topological polar surface area (TPSA) is 110 Å². The lowest BCUT2D eigenvalue weighted by Gasteiger charge is -2.34. The smallest absolute Gasteiger partial charge is 0.409 e. The van der Waals surface area contributed by atoms with Crippen LogP contribution in [0.15, 0.2) is 28.8 Å². The molecule has 1 amide bonds. The number of rotatable bonds is 3. The van der Waals surface area contributed by atoms with Gasteiger partial charge in [-0.1, -0.05) is 12.2 Å². The fourth-order valence-electron chi connectivity index (χ4n) is 4.45. The molecule has 5 rings (SSSR count). The monoisotopic (exact) mass is 484 g/mol. The van der Waals surface area contributed by atoms with Crippen LogP contribution >= 0.6 is 0 Å². The number of pyridine rings is 1. The van der Waals surface area contributed by atoms with E-state index >= 15 is 0 Å². The molecule has 2 saturated heterocycles. The molecule has 0 unspecified atom stereocenters. The largest absolute Gasteiger partial charge is 0.453 e. The van der Waals surface area contributed by atoms with Crippen LogP contribution in [0, 0.1) is 0 Å². The van der Waals surface area contributed by atoms with Crippen LogP contribution in [0.3, 0.4) is 0 Å². The maximum atomic E-state index is 13.6. The van der Waals surface area contributed by atoms with Crippen molar-refractivity contribution in [2.45, 2.75) is 19.4 Å². The van der Waals surface area contributed by atoms with Crippen molar-refractivity contribution in [1.29, 1.82) is 0 Å². The molecule has 0 bridgehead atoms. The van der Waals surface area contributed by atoms with Gasteiger partial charge < -0.3 is 19.3 Å². The molecule has 0 aromatic carbocycles. The van der Waals surface area contributed by atoms with Crippen LogP contribution in [0.2, 0.25) is 0 Å². The van der Waals surface area contributed by atoms with Gasteiger partial charge in [0.05, 0.1) is 53.3 Å². The molecule has 2 fully saturated rings. The second-order valence-corrected chi connectivity index (χ2v) is 11.1. The molecule has 180 valence electrons. The lowest BCUT2D eigenvalue weighted by molar-refractivity contribution is 0.0985. The Morgan fingerprint density at radius 2 is 2.09 bits per heavy atom. The van der Waals surface area contributed by atoms with E-state index in [-0.39, 0.29) is 17.5 Å². The Morgan fingerprint density at radius 1 is 1.26 bits per heavy atom. The van der Waals surface area contributed by atoms with E-state index in [1.165, 1.54) is 7.11 Å². The number of fused-ring (bicyclic) bond motifs is 1. The Labute approximate surface area is 199 Å². The number of aromatic nitrogens is 3. The van der Waals surface area contributed by atoms with Crippen molar-refractivity contribution in [2.24, 2.45) is 4.36 Å². The Kier molecular flexibility index (Phi) is 6.22. The van der Waals surface area contributed by atoms with Crippen molar-refractivity contribution in [3.05, 3.63) is 35.7 Å². The summed E-state index contributed by atoms with van der Waals surface area (Å²) < 4.78 is 28.6. The molecule has 0 spiro atoms. The third-order valence-electron chi connectivity index (χ3n) is 6.32. The third kappa shape index (κ3) is 4.49. The highest BCUT2D eigenvalue weighted by atomic mass is 32.2. The van der Waals surface area contributed by atoms with Gasteiger partial charge in [-0.2, -0.15) is 4.36 Å². The number of nitrogens with zero attached hydrogens (tertiary/aromatic N) is 6. The Balaban J connectivity index is 1.56. The summed E-state index contributed by atoms with van der Waals surface area (Å²) in [6, 6.07) is 3.86. The summed E-state index contributed by atoms with van der Waals surface area (Å²) in [4.78, 5) is 29.6. The predicted molar refractivity (Wildman–Crippen MR) is 130 cm³/mol. The first-order chi connectivity index (χ1) is 16.5. The van der Waals surface area contributed by atoms with Gasteiger partial charge in [-0.25, -0.2) is 19.0 Å². The van der Waals surface area contributed by atoms with Gasteiger partial charge in [0.1, 0.15) is 5.82 Å². The van der Waals surface area contributed by atoms with E-state index in [0.29, 0.717) is 44.5 Å². The first-order valence-corrected chi connectivity index (χ1v) is 13.2. The number of amides is 1. The second-order valence-electron chi connectivity index (χ2n) is 8.58. The van der Waals surface area contributed by atoms with Crippen LogP contribution in [-0.2, 0) is 25.6 Å². The number of allylic oxidation sites excluding steroid dienone is 1. The number of morpholine rings is 1. The molecule has 2 aromatic heterocycles. The van der Waals surface area contributed by atoms with Gasteiger partial charge in [0.2, 0.25) is 0 Å². The highest BCUT2D eigenvalue weighted by Gasteiger charge is 2.26. The zero-order valence-corrected chi connectivity index (χ0v) is 20.2. The highest BCUT2D eigenvalue weighted by Crippen LogP contribution is 2.32. The van der Waals surface area contributed by atoms with Crippen LogP contribution in [0.25, 0.3) is 17.5 Å². The molecular formula is C23H28N6O4S. The van der Waals surface area contributed by atoms with Crippen LogP contribution in [-0.4, -0.2) is 87.7 Å². The molecule has 2 aliphatic heterocycles. The van der Waals surface area contributed by atoms with E-state index in [4.69, 9.17) is 19.4 Å². The van der Waals surface area contributed by atoms with Crippen molar-refractivity contribution in [3.8, 4) is 11.4 Å². The van der Waals surface area contributed by atoms with E-state index < -0.39 is 15.8 Å². The molecule has 3 aliphatic rings. The summed E-state index contributed by atoms with van der Waals surface area (Å²) in [5.41, 5.74) is 2.88. The molecule has 1 aliphatic carbocycles. The quantitative estimate of drug-likeness (QED) is 0.654. The minimum absolute atomic E-state index is 0.143. The van der Waals surface area contributed by atoms with Crippen molar-refractivity contribution < 1.29 is 18.5 Å². The summed E-state index contributed by atoms with van der Waals surface area (Å²) in [6.45, 7) is 4.69. The highest BCUT2D eigenvalue weighted by molar-refractivity contribution is 7.93. The van der Waals surface area contributed by atoms with E-state index in [2.05, 4.69) is 27.2 Å². The molecule has 2 aromatic rings. The molecule has 4 heterocycles. The number of ether oxygens (including phenoxy) is 2. The molecule has 0 radical (unpaired) electrons. The van der Waals surface area contributed by atoms with Crippen LogP contribution in [0.1, 0.15) is 18.2 Å². The minimum Gasteiger partial charge on any atom is -0.453 e. The minimum atomic E-state index is -2.57. The molecule has 1 atom stereocenters. The number of carbonyl (C=O) groups excluding carboxylic acids is 1. The lowest BCUT2D eigenvalue weighted by Crippen LogP contribution is -2.44. The Hall–Kier alpha value is -3.05. The van der Waals surface area contributed by atoms with E-state index in [1.807, 2.05) is 18.2 Å². The van der Waals surface area contributed by atoms with Crippen molar-refractivity contribution in [2.75, 3.05) is 56.4 Å². The number of carbonyl (C=O) groups is 1. The number of methoxy groups -OCH3 is 1. The molecular weight excluding hydrogens is 456 g/mol. The second kappa shape index (κ2) is 9.30. The molecule has 34 heavy (non-hydrogen) atoms. The summed E-state index contributed by atoms with van der Waals surface area (Å²) in [5, 5.41) is 0. The zero-order chi connectivity index (χ0) is 23.7. The first kappa shape index (κ1) is 22.7. The first-order valence-electron chi connectivity index (χ1n) is 11.4.